The molecule has 1 aromatic carbocycles. The number of hydrogen-bond acceptors (Lipinski definition) is 5. The molecular weight excluding hydrogens is 357 g/mol. The van der Waals surface area contributed by atoms with Crippen LogP contribution in [0, 0.1) is 5.95 Å². The van der Waals surface area contributed by atoms with Crippen LogP contribution in [0.3, 0.4) is 0 Å². The molecule has 0 fully saturated rings. The van der Waals surface area contributed by atoms with Crippen molar-refractivity contribution < 1.29 is 4.39 Å². The van der Waals surface area contributed by atoms with Gasteiger partial charge in [0.1, 0.15) is 5.82 Å². The van der Waals surface area contributed by atoms with Crippen LogP contribution in [0.4, 0.5) is 15.9 Å². The van der Waals surface area contributed by atoms with Gasteiger partial charge in [-0.1, -0.05) is 6.07 Å². The molecule has 6 nitrogen and oxygen atoms in total. The fourth-order valence-corrected chi connectivity index (χ4v) is 3.31. The number of aromatic nitrogens is 3. The Balaban J connectivity index is 1.65. The van der Waals surface area contributed by atoms with Gasteiger partial charge in [-0.2, -0.15) is 4.39 Å². The minimum Gasteiger partial charge on any atom is -0.340 e. The van der Waals surface area contributed by atoms with E-state index >= 15 is 0 Å². The minimum atomic E-state index is -0.556. The molecule has 1 aliphatic rings. The zero-order chi connectivity index (χ0) is 19.1. The Morgan fingerprint density at radius 3 is 2.89 bits per heavy atom. The lowest BCUT2D eigenvalue weighted by Gasteiger charge is -2.12. The predicted molar refractivity (Wildman–Crippen MR) is 107 cm³/mol. The second-order valence-corrected chi connectivity index (χ2v) is 6.51. The van der Waals surface area contributed by atoms with Gasteiger partial charge in [-0.3, -0.25) is 9.79 Å². The molecule has 136 valence electrons. The largest absolute Gasteiger partial charge is 0.340 e. The summed E-state index contributed by atoms with van der Waals surface area (Å²) in [6.07, 6.45) is 4.86. The molecule has 28 heavy (non-hydrogen) atoms. The van der Waals surface area contributed by atoms with E-state index in [-0.39, 0.29) is 5.56 Å². The highest BCUT2D eigenvalue weighted by Gasteiger charge is 2.13. The lowest BCUT2D eigenvalue weighted by molar-refractivity contribution is 0.584. The summed E-state index contributed by atoms with van der Waals surface area (Å²) < 4.78 is 13.2. The van der Waals surface area contributed by atoms with Gasteiger partial charge in [0, 0.05) is 29.9 Å². The molecule has 3 aromatic heterocycles. The van der Waals surface area contributed by atoms with Gasteiger partial charge in [-0.05, 0) is 52.9 Å². The van der Waals surface area contributed by atoms with Crippen LogP contribution in [-0.2, 0) is 6.54 Å². The van der Waals surface area contributed by atoms with E-state index in [1.807, 2.05) is 24.4 Å². The van der Waals surface area contributed by atoms with Gasteiger partial charge >= 0.3 is 0 Å². The summed E-state index contributed by atoms with van der Waals surface area (Å²) >= 11 is 0. The van der Waals surface area contributed by atoms with Gasteiger partial charge in [0.2, 0.25) is 5.95 Å². The molecule has 0 atom stereocenters. The van der Waals surface area contributed by atoms with Crippen molar-refractivity contribution in [3.63, 3.8) is 0 Å². The third kappa shape index (κ3) is 2.83. The lowest BCUT2D eigenvalue weighted by Crippen LogP contribution is -2.09. The summed E-state index contributed by atoms with van der Waals surface area (Å²) in [5, 5.41) is 4.44. The van der Waals surface area contributed by atoms with Crippen LogP contribution in [-0.4, -0.2) is 21.2 Å². The number of rotatable bonds is 3. The van der Waals surface area contributed by atoms with Crippen LogP contribution in [0.1, 0.15) is 11.1 Å². The van der Waals surface area contributed by atoms with Gasteiger partial charge in [-0.15, -0.1) is 0 Å². The zero-order valence-electron chi connectivity index (χ0n) is 14.6. The Kier molecular flexibility index (Phi) is 3.72. The highest BCUT2D eigenvalue weighted by Crippen LogP contribution is 2.28. The van der Waals surface area contributed by atoms with E-state index in [1.54, 1.807) is 24.4 Å². The maximum atomic E-state index is 13.2. The van der Waals surface area contributed by atoms with Crippen molar-refractivity contribution in [1.29, 1.82) is 0 Å². The van der Waals surface area contributed by atoms with Gasteiger partial charge < -0.3 is 10.3 Å². The van der Waals surface area contributed by atoms with E-state index in [4.69, 9.17) is 0 Å². The van der Waals surface area contributed by atoms with Crippen LogP contribution < -0.4 is 10.9 Å². The predicted octanol–water partition coefficient (Wildman–Crippen LogP) is 3.80. The summed E-state index contributed by atoms with van der Waals surface area (Å²) in [5.41, 5.74) is 4.04. The Morgan fingerprint density at radius 1 is 1.11 bits per heavy atom. The molecule has 0 amide bonds. The monoisotopic (exact) mass is 371 g/mol. The summed E-state index contributed by atoms with van der Waals surface area (Å²) in [7, 11) is 0. The molecule has 0 radical (unpaired) electrons. The van der Waals surface area contributed by atoms with Crippen molar-refractivity contribution in [2.75, 3.05) is 5.32 Å². The Morgan fingerprint density at radius 2 is 2.04 bits per heavy atom. The summed E-state index contributed by atoms with van der Waals surface area (Å²) in [6.45, 7) is 0.640. The van der Waals surface area contributed by atoms with E-state index in [0.717, 1.165) is 22.2 Å². The molecule has 0 bridgehead atoms. The normalized spacial score (nSPS) is 12.3. The van der Waals surface area contributed by atoms with Crippen molar-refractivity contribution in [1.82, 2.24) is 15.0 Å². The number of nitrogens with zero attached hydrogens (tertiary/aromatic N) is 3. The number of pyridine rings is 3. The van der Waals surface area contributed by atoms with E-state index in [0.29, 0.717) is 29.0 Å². The number of halogens is 1. The standard InChI is InChI=1S/C21H14FN5O/c22-18-4-2-14(11-25-18)17-8-12-5-6-24-21(28)19(12)20(27-17)26-16-3-1-13-9-23-10-15(13)7-16/h1-9,11H,10H2,(H,24,28)(H,26,27). The fourth-order valence-electron chi connectivity index (χ4n) is 3.31. The van der Waals surface area contributed by atoms with Crippen LogP contribution in [0.25, 0.3) is 22.0 Å². The van der Waals surface area contributed by atoms with E-state index < -0.39 is 5.95 Å². The second-order valence-electron chi connectivity index (χ2n) is 6.51. The van der Waals surface area contributed by atoms with Crippen LogP contribution in [0.15, 0.2) is 64.6 Å². The van der Waals surface area contributed by atoms with Gasteiger partial charge in [0.15, 0.2) is 0 Å². The third-order valence-electron chi connectivity index (χ3n) is 4.68. The Bertz CT molecular complexity index is 1290. The van der Waals surface area contributed by atoms with Gasteiger partial charge in [0.05, 0.1) is 17.6 Å². The van der Waals surface area contributed by atoms with Crippen molar-refractivity contribution in [3.05, 3.63) is 82.3 Å². The second kappa shape index (κ2) is 6.38. The SMILES string of the molecule is O=c1[nH]ccc2cc(-c3ccc(F)nc3)nc(Nc3ccc4c(c3)CN=C4)c12. The minimum absolute atomic E-state index is 0.235. The fraction of sp³-hybridized carbons (Fsp3) is 0.0476. The molecule has 0 aliphatic carbocycles. The van der Waals surface area contributed by atoms with Crippen molar-refractivity contribution in [2.45, 2.75) is 6.54 Å². The molecule has 5 rings (SSSR count). The number of benzene rings is 1. The Hall–Kier alpha value is -3.87. The first-order valence-corrected chi connectivity index (χ1v) is 8.71. The number of fused-ring (bicyclic) bond motifs is 2. The summed E-state index contributed by atoms with van der Waals surface area (Å²) in [4.78, 5) is 27.7. The molecule has 0 saturated carbocycles. The van der Waals surface area contributed by atoms with E-state index in [2.05, 4.69) is 25.3 Å². The quantitative estimate of drug-likeness (QED) is 0.537. The number of nitrogens with one attached hydrogen (secondary N) is 2. The summed E-state index contributed by atoms with van der Waals surface area (Å²) in [5.74, 6) is -0.128. The molecule has 1 aliphatic heterocycles. The maximum absolute atomic E-state index is 13.2. The van der Waals surface area contributed by atoms with Crippen molar-refractivity contribution in [3.8, 4) is 11.3 Å². The molecule has 4 aromatic rings. The molecule has 0 spiro atoms. The average molecular weight is 371 g/mol. The third-order valence-corrected chi connectivity index (χ3v) is 4.68. The first-order chi connectivity index (χ1) is 13.7. The Labute approximate surface area is 158 Å². The van der Waals surface area contributed by atoms with Gasteiger partial charge in [0.25, 0.3) is 5.56 Å². The van der Waals surface area contributed by atoms with Crippen LogP contribution >= 0.6 is 0 Å². The van der Waals surface area contributed by atoms with E-state index in [1.165, 1.54) is 12.3 Å². The van der Waals surface area contributed by atoms with Crippen LogP contribution in [0.2, 0.25) is 0 Å². The highest BCUT2D eigenvalue weighted by molar-refractivity contribution is 5.95. The molecule has 7 heteroatoms. The van der Waals surface area contributed by atoms with E-state index in [9.17, 15) is 9.18 Å². The molecule has 0 saturated heterocycles. The van der Waals surface area contributed by atoms with Crippen molar-refractivity contribution in [2.24, 2.45) is 4.99 Å². The zero-order valence-corrected chi connectivity index (χ0v) is 14.6. The maximum Gasteiger partial charge on any atom is 0.259 e. The average Bonchev–Trinajstić information content (AvgIpc) is 3.16. The van der Waals surface area contributed by atoms with Crippen LogP contribution in [0.5, 0.6) is 0 Å². The molecular formula is C21H14FN5O. The highest BCUT2D eigenvalue weighted by atomic mass is 19.1. The molecule has 0 unspecified atom stereocenters. The topological polar surface area (TPSA) is 83.0 Å². The lowest BCUT2D eigenvalue weighted by atomic mass is 10.1. The number of H-pyrrole nitrogens is 1. The summed E-state index contributed by atoms with van der Waals surface area (Å²) in [6, 6.07) is 12.4. The van der Waals surface area contributed by atoms with Crippen molar-refractivity contribution >= 4 is 28.5 Å². The molecule has 2 N–H and O–H groups in total. The molecule has 4 heterocycles. The smallest absolute Gasteiger partial charge is 0.259 e. The first-order valence-electron chi connectivity index (χ1n) is 8.71. The van der Waals surface area contributed by atoms with Gasteiger partial charge in [-0.25, -0.2) is 9.97 Å². The number of anilines is 2. The number of aliphatic imine (C=N–C) groups is 1. The first kappa shape index (κ1) is 16.3. The number of hydrogen-bond donors (Lipinski definition) is 2. The number of aromatic amines is 1.